The summed E-state index contributed by atoms with van der Waals surface area (Å²) in [6.45, 7) is 6.79. The van der Waals surface area contributed by atoms with Crippen molar-refractivity contribution in [3.8, 4) is 0 Å². The molecule has 3 heterocycles. The normalized spacial score (nSPS) is 19.9. The van der Waals surface area contributed by atoms with Crippen LogP contribution in [0.15, 0.2) is 42.7 Å². The minimum atomic E-state index is -0.449. The number of benzene rings is 1. The Morgan fingerprint density at radius 3 is 2.74 bits per heavy atom. The van der Waals surface area contributed by atoms with Crippen LogP contribution in [0.1, 0.15) is 17.5 Å². The first-order valence-electron chi connectivity index (χ1n) is 10.7. The van der Waals surface area contributed by atoms with Crippen molar-refractivity contribution in [1.82, 2.24) is 20.1 Å². The monoisotopic (exact) mass is 441 g/mol. The van der Waals surface area contributed by atoms with E-state index in [1.54, 1.807) is 6.20 Å². The second-order valence-corrected chi connectivity index (χ2v) is 8.58. The Kier molecular flexibility index (Phi) is 6.73. The summed E-state index contributed by atoms with van der Waals surface area (Å²) in [6, 6.07) is 9.34. The molecule has 164 valence electrons. The summed E-state index contributed by atoms with van der Waals surface area (Å²) in [6.07, 6.45) is 3.74. The van der Waals surface area contributed by atoms with Crippen LogP contribution in [0.3, 0.4) is 0 Å². The van der Waals surface area contributed by atoms with E-state index in [0.29, 0.717) is 26.2 Å². The minimum absolute atomic E-state index is 0.0284. The fourth-order valence-electron chi connectivity index (χ4n) is 4.31. The Morgan fingerprint density at radius 1 is 1.19 bits per heavy atom. The molecular weight excluding hydrogens is 414 g/mol. The first kappa shape index (κ1) is 21.6. The lowest BCUT2D eigenvalue weighted by molar-refractivity contribution is -0.139. The number of aryl methyl sites for hydroxylation is 1. The molecule has 1 aromatic heterocycles. The minimum Gasteiger partial charge on any atom is -0.368 e. The van der Waals surface area contributed by atoms with Gasteiger partial charge in [0.05, 0.1) is 12.5 Å². The van der Waals surface area contributed by atoms with Crippen LogP contribution in [0, 0.1) is 6.92 Å². The van der Waals surface area contributed by atoms with Gasteiger partial charge < -0.3 is 15.1 Å². The standard InChI is InChI=1S/C23H28ClN5O2/c1-17-4-5-19(24)13-20(17)27-9-11-28(12-10-27)22(30)14-21-23(31)26-7-8-29(21)16-18-3-2-6-25-15-18/h2-6,13,15,21H,7-12,14,16H2,1H3,(H,26,31). The summed E-state index contributed by atoms with van der Waals surface area (Å²) in [5.41, 5.74) is 3.34. The van der Waals surface area contributed by atoms with Gasteiger partial charge >= 0.3 is 0 Å². The van der Waals surface area contributed by atoms with Crippen molar-refractivity contribution in [3.63, 3.8) is 0 Å². The first-order chi connectivity index (χ1) is 15.0. The maximum Gasteiger partial charge on any atom is 0.237 e. The Labute approximate surface area is 188 Å². The Balaban J connectivity index is 1.37. The van der Waals surface area contributed by atoms with Crippen molar-refractivity contribution < 1.29 is 9.59 Å². The number of nitrogens with one attached hydrogen (secondary N) is 1. The molecule has 2 aliphatic rings. The van der Waals surface area contributed by atoms with E-state index in [1.165, 1.54) is 5.56 Å². The lowest BCUT2D eigenvalue weighted by Gasteiger charge is -2.39. The van der Waals surface area contributed by atoms with Crippen LogP contribution in [-0.4, -0.2) is 71.9 Å². The summed E-state index contributed by atoms with van der Waals surface area (Å²) in [7, 11) is 0. The number of nitrogens with zero attached hydrogens (tertiary/aromatic N) is 4. The topological polar surface area (TPSA) is 68.8 Å². The third-order valence-corrected chi connectivity index (χ3v) is 6.30. The highest BCUT2D eigenvalue weighted by molar-refractivity contribution is 6.30. The SMILES string of the molecule is Cc1ccc(Cl)cc1N1CCN(C(=O)CC2C(=O)NCCN2Cc2cccnc2)CC1. The Bertz CT molecular complexity index is 931. The Morgan fingerprint density at radius 2 is 2.00 bits per heavy atom. The summed E-state index contributed by atoms with van der Waals surface area (Å²) in [5.74, 6) is -0.0441. The second-order valence-electron chi connectivity index (χ2n) is 8.14. The van der Waals surface area contributed by atoms with Crippen LogP contribution in [0.2, 0.25) is 5.02 Å². The van der Waals surface area contributed by atoms with Crippen LogP contribution in [0.25, 0.3) is 0 Å². The van der Waals surface area contributed by atoms with Crippen molar-refractivity contribution in [2.45, 2.75) is 25.9 Å². The zero-order chi connectivity index (χ0) is 21.8. The van der Waals surface area contributed by atoms with Crippen molar-refractivity contribution >= 4 is 29.1 Å². The largest absolute Gasteiger partial charge is 0.368 e. The summed E-state index contributed by atoms with van der Waals surface area (Å²) in [5, 5.41) is 3.63. The second kappa shape index (κ2) is 9.66. The Hall–Kier alpha value is -2.64. The third-order valence-electron chi connectivity index (χ3n) is 6.06. The molecule has 1 unspecified atom stereocenters. The molecule has 4 rings (SSSR count). The summed E-state index contributed by atoms with van der Waals surface area (Å²) < 4.78 is 0. The maximum absolute atomic E-state index is 13.0. The van der Waals surface area contributed by atoms with Gasteiger partial charge in [0.15, 0.2) is 0 Å². The van der Waals surface area contributed by atoms with Gasteiger partial charge in [-0.05, 0) is 36.2 Å². The van der Waals surface area contributed by atoms with Gasteiger partial charge in [0, 0.05) is 68.9 Å². The number of pyridine rings is 1. The zero-order valence-corrected chi connectivity index (χ0v) is 18.5. The number of carbonyl (C=O) groups is 2. The molecule has 1 N–H and O–H groups in total. The first-order valence-corrected chi connectivity index (χ1v) is 11.1. The van der Waals surface area contributed by atoms with Crippen LogP contribution in [0.4, 0.5) is 5.69 Å². The molecule has 31 heavy (non-hydrogen) atoms. The van der Waals surface area contributed by atoms with E-state index in [4.69, 9.17) is 11.6 Å². The van der Waals surface area contributed by atoms with Crippen molar-refractivity contribution in [1.29, 1.82) is 0 Å². The highest BCUT2D eigenvalue weighted by Gasteiger charge is 2.33. The molecule has 8 heteroatoms. The molecule has 7 nitrogen and oxygen atoms in total. The molecule has 1 atom stereocenters. The fraction of sp³-hybridized carbons (Fsp3) is 0.435. The summed E-state index contributed by atoms with van der Waals surface area (Å²) >= 11 is 6.17. The van der Waals surface area contributed by atoms with Crippen molar-refractivity contribution in [2.24, 2.45) is 0 Å². The lowest BCUT2D eigenvalue weighted by atomic mass is 10.1. The number of rotatable bonds is 5. The molecule has 0 radical (unpaired) electrons. The fourth-order valence-corrected chi connectivity index (χ4v) is 4.48. The number of halogens is 1. The maximum atomic E-state index is 13.0. The highest BCUT2D eigenvalue weighted by Crippen LogP contribution is 2.25. The van der Waals surface area contributed by atoms with Gasteiger partial charge in [-0.3, -0.25) is 19.5 Å². The molecule has 2 aromatic rings. The average Bonchev–Trinajstić information content (AvgIpc) is 2.78. The molecule has 0 bridgehead atoms. The predicted molar refractivity (Wildman–Crippen MR) is 121 cm³/mol. The van der Waals surface area contributed by atoms with Crippen molar-refractivity contribution in [3.05, 3.63) is 58.9 Å². The van der Waals surface area contributed by atoms with E-state index < -0.39 is 6.04 Å². The van der Waals surface area contributed by atoms with Gasteiger partial charge in [-0.15, -0.1) is 0 Å². The molecule has 1 aromatic carbocycles. The molecular formula is C23H28ClN5O2. The molecule has 0 spiro atoms. The van der Waals surface area contributed by atoms with E-state index in [0.717, 1.165) is 35.9 Å². The highest BCUT2D eigenvalue weighted by atomic mass is 35.5. The molecule has 0 saturated carbocycles. The lowest BCUT2D eigenvalue weighted by Crippen LogP contribution is -2.57. The number of hydrogen-bond donors (Lipinski definition) is 1. The molecule has 2 amide bonds. The van der Waals surface area contributed by atoms with E-state index in [2.05, 4.69) is 27.0 Å². The van der Waals surface area contributed by atoms with E-state index >= 15 is 0 Å². The number of piperazine rings is 2. The van der Waals surface area contributed by atoms with E-state index in [-0.39, 0.29) is 18.2 Å². The number of carbonyl (C=O) groups excluding carboxylic acids is 2. The van der Waals surface area contributed by atoms with E-state index in [9.17, 15) is 9.59 Å². The molecule has 2 aliphatic heterocycles. The molecule has 2 saturated heterocycles. The van der Waals surface area contributed by atoms with Crippen LogP contribution in [-0.2, 0) is 16.1 Å². The smallest absolute Gasteiger partial charge is 0.237 e. The van der Waals surface area contributed by atoms with Crippen molar-refractivity contribution in [2.75, 3.05) is 44.2 Å². The van der Waals surface area contributed by atoms with Crippen LogP contribution < -0.4 is 10.2 Å². The van der Waals surface area contributed by atoms with Gasteiger partial charge in [0.2, 0.25) is 11.8 Å². The van der Waals surface area contributed by atoms with Crippen LogP contribution in [0.5, 0.6) is 0 Å². The van der Waals surface area contributed by atoms with Gasteiger partial charge in [0.25, 0.3) is 0 Å². The molecule has 2 fully saturated rings. The van der Waals surface area contributed by atoms with Gasteiger partial charge in [-0.25, -0.2) is 0 Å². The van der Waals surface area contributed by atoms with Gasteiger partial charge in [-0.1, -0.05) is 23.7 Å². The van der Waals surface area contributed by atoms with Crippen LogP contribution >= 0.6 is 11.6 Å². The molecule has 0 aliphatic carbocycles. The predicted octanol–water partition coefficient (Wildman–Crippen LogP) is 2.08. The number of hydrogen-bond acceptors (Lipinski definition) is 5. The number of anilines is 1. The van der Waals surface area contributed by atoms with Gasteiger partial charge in [0.1, 0.15) is 0 Å². The quantitative estimate of drug-likeness (QED) is 0.769. The number of aromatic nitrogens is 1. The third kappa shape index (κ3) is 5.17. The summed E-state index contributed by atoms with van der Waals surface area (Å²) in [4.78, 5) is 36.0. The average molecular weight is 442 g/mol. The number of amides is 2. The zero-order valence-electron chi connectivity index (χ0n) is 17.8. The van der Waals surface area contributed by atoms with E-state index in [1.807, 2.05) is 41.4 Å². The van der Waals surface area contributed by atoms with Gasteiger partial charge in [-0.2, -0.15) is 0 Å².